The van der Waals surface area contributed by atoms with E-state index in [4.69, 9.17) is 0 Å². The van der Waals surface area contributed by atoms with Gasteiger partial charge in [-0.25, -0.2) is 0 Å². The number of rotatable bonds is 0. The molecule has 0 spiro atoms. The summed E-state index contributed by atoms with van der Waals surface area (Å²) in [5, 5.41) is 0. The summed E-state index contributed by atoms with van der Waals surface area (Å²) in [5.41, 5.74) is 3.04. The van der Waals surface area contributed by atoms with Crippen molar-refractivity contribution in [3.8, 4) is 0 Å². The molecule has 1 nitrogen and oxygen atoms in total. The first-order valence-corrected chi connectivity index (χ1v) is 4.71. The third-order valence-electron chi connectivity index (χ3n) is 2.90. The monoisotopic (exact) mass is 162 g/mol. The van der Waals surface area contributed by atoms with Crippen LogP contribution in [0, 0.1) is 0 Å². The normalized spacial score (nSPS) is 28.2. The van der Waals surface area contributed by atoms with Gasteiger partial charge in [0.05, 0.1) is 13.6 Å². The van der Waals surface area contributed by atoms with Crippen LogP contribution in [0.2, 0.25) is 0 Å². The van der Waals surface area contributed by atoms with Gasteiger partial charge >= 0.3 is 0 Å². The van der Waals surface area contributed by atoms with Gasteiger partial charge < -0.3 is 4.90 Å². The second-order valence-corrected chi connectivity index (χ2v) is 3.81. The van der Waals surface area contributed by atoms with Crippen LogP contribution in [0.5, 0.6) is 0 Å². The van der Waals surface area contributed by atoms with Gasteiger partial charge in [0.1, 0.15) is 5.69 Å². The number of quaternary nitrogens is 1. The van der Waals surface area contributed by atoms with Gasteiger partial charge in [-0.1, -0.05) is 25.1 Å². The molecule has 2 rings (SSSR count). The summed E-state index contributed by atoms with van der Waals surface area (Å²) in [6.45, 7) is 3.60. The van der Waals surface area contributed by atoms with Crippen molar-refractivity contribution in [2.45, 2.75) is 19.3 Å². The van der Waals surface area contributed by atoms with Gasteiger partial charge in [0.15, 0.2) is 0 Å². The van der Waals surface area contributed by atoms with Crippen molar-refractivity contribution < 1.29 is 4.90 Å². The van der Waals surface area contributed by atoms with Gasteiger partial charge in [-0.15, -0.1) is 0 Å². The molecule has 1 heterocycles. The second kappa shape index (κ2) is 2.91. The van der Waals surface area contributed by atoms with Crippen molar-refractivity contribution in [1.29, 1.82) is 0 Å². The highest BCUT2D eigenvalue weighted by molar-refractivity contribution is 5.42. The van der Waals surface area contributed by atoms with Crippen molar-refractivity contribution in [2.24, 2.45) is 0 Å². The molecule has 1 N–H and O–H groups in total. The van der Waals surface area contributed by atoms with Crippen LogP contribution in [0.3, 0.4) is 0 Å². The molecule has 0 amide bonds. The molecule has 12 heavy (non-hydrogen) atoms. The molecule has 1 heteroatoms. The molecule has 0 aliphatic carbocycles. The van der Waals surface area contributed by atoms with Crippen molar-refractivity contribution in [3.63, 3.8) is 0 Å². The predicted octanol–water partition coefficient (Wildman–Crippen LogP) is 1.34. The maximum Gasteiger partial charge on any atom is 0.134 e. The first kappa shape index (κ1) is 7.81. The molecule has 0 fully saturated rings. The first-order valence-electron chi connectivity index (χ1n) is 4.71. The van der Waals surface area contributed by atoms with Crippen LogP contribution in [0.15, 0.2) is 24.3 Å². The van der Waals surface area contributed by atoms with Crippen molar-refractivity contribution in [3.05, 3.63) is 29.8 Å². The fourth-order valence-corrected chi connectivity index (χ4v) is 2.04. The third kappa shape index (κ3) is 1.14. The fourth-order valence-electron chi connectivity index (χ4n) is 2.04. The number of nitrogens with one attached hydrogen (secondary N) is 1. The summed E-state index contributed by atoms with van der Waals surface area (Å²) in [5.74, 6) is 0.755. The zero-order valence-corrected chi connectivity index (χ0v) is 7.80. The minimum Gasteiger partial charge on any atom is -0.305 e. The van der Waals surface area contributed by atoms with Gasteiger partial charge in [-0.2, -0.15) is 0 Å². The second-order valence-electron chi connectivity index (χ2n) is 3.81. The van der Waals surface area contributed by atoms with Crippen LogP contribution >= 0.6 is 0 Å². The minimum absolute atomic E-state index is 0.755. The first-order chi connectivity index (χ1) is 5.79. The van der Waals surface area contributed by atoms with Gasteiger partial charge in [-0.05, 0) is 12.0 Å². The van der Waals surface area contributed by atoms with E-state index in [2.05, 4.69) is 38.2 Å². The lowest BCUT2D eigenvalue weighted by molar-refractivity contribution is -0.813. The molecule has 0 bridgehead atoms. The van der Waals surface area contributed by atoms with E-state index < -0.39 is 0 Å². The highest BCUT2D eigenvalue weighted by Gasteiger charge is 2.22. The average molecular weight is 162 g/mol. The third-order valence-corrected chi connectivity index (χ3v) is 2.90. The van der Waals surface area contributed by atoms with Gasteiger partial charge in [0.25, 0.3) is 0 Å². The summed E-state index contributed by atoms with van der Waals surface area (Å²) in [6, 6.07) is 8.80. The molecule has 0 radical (unpaired) electrons. The van der Waals surface area contributed by atoms with E-state index in [1.807, 2.05) is 0 Å². The van der Waals surface area contributed by atoms with Crippen LogP contribution in [-0.2, 0) is 0 Å². The Morgan fingerprint density at radius 3 is 2.83 bits per heavy atom. The Morgan fingerprint density at radius 1 is 1.33 bits per heavy atom. The zero-order chi connectivity index (χ0) is 8.55. The maximum atomic E-state index is 2.32. The molecular formula is C11H16N+. The number of hydrogen-bond acceptors (Lipinski definition) is 0. The van der Waals surface area contributed by atoms with Crippen LogP contribution in [0.4, 0.5) is 5.69 Å². The maximum absolute atomic E-state index is 2.32. The quantitative estimate of drug-likeness (QED) is 0.587. The van der Waals surface area contributed by atoms with E-state index >= 15 is 0 Å². The molecule has 0 saturated heterocycles. The Balaban J connectivity index is 2.47. The van der Waals surface area contributed by atoms with Crippen molar-refractivity contribution >= 4 is 5.69 Å². The zero-order valence-electron chi connectivity index (χ0n) is 7.80. The molecule has 1 aliphatic heterocycles. The lowest BCUT2D eigenvalue weighted by Crippen LogP contribution is -3.05. The van der Waals surface area contributed by atoms with Crippen LogP contribution in [0.1, 0.15) is 24.8 Å². The molecule has 1 aromatic carbocycles. The Bertz CT molecular complexity index is 251. The average Bonchev–Trinajstić information content (AvgIpc) is 2.12. The predicted molar refractivity (Wildman–Crippen MR) is 50.9 cm³/mol. The number of hydrogen-bond donors (Lipinski definition) is 1. The number of fused-ring (bicyclic) bond motifs is 1. The smallest absolute Gasteiger partial charge is 0.134 e. The van der Waals surface area contributed by atoms with E-state index in [1.165, 1.54) is 18.7 Å². The fraction of sp³-hybridized carbons (Fsp3) is 0.455. The summed E-state index contributed by atoms with van der Waals surface area (Å²) >= 11 is 0. The highest BCUT2D eigenvalue weighted by atomic mass is 15.1. The van der Waals surface area contributed by atoms with Gasteiger partial charge in [0, 0.05) is 12.0 Å². The van der Waals surface area contributed by atoms with E-state index in [9.17, 15) is 0 Å². The van der Waals surface area contributed by atoms with Crippen LogP contribution in [0.25, 0.3) is 0 Å². The summed E-state index contributed by atoms with van der Waals surface area (Å²) < 4.78 is 0. The van der Waals surface area contributed by atoms with Gasteiger partial charge in [0.2, 0.25) is 0 Å². The molecule has 64 valence electrons. The molecule has 1 aliphatic rings. The SMILES string of the molecule is CC1CC[NH+](C)c2ccccc21. The molecule has 0 aromatic heterocycles. The highest BCUT2D eigenvalue weighted by Crippen LogP contribution is 2.26. The Kier molecular flexibility index (Phi) is 1.89. The lowest BCUT2D eigenvalue weighted by atomic mass is 9.92. The Hall–Kier alpha value is -0.820. The van der Waals surface area contributed by atoms with E-state index in [1.54, 1.807) is 10.5 Å². The van der Waals surface area contributed by atoms with E-state index in [-0.39, 0.29) is 0 Å². The topological polar surface area (TPSA) is 4.44 Å². The Labute approximate surface area is 74.0 Å². The number of benzene rings is 1. The lowest BCUT2D eigenvalue weighted by Gasteiger charge is -2.26. The molecule has 2 atom stereocenters. The molecule has 0 saturated carbocycles. The van der Waals surface area contributed by atoms with Crippen LogP contribution < -0.4 is 4.90 Å². The van der Waals surface area contributed by atoms with E-state index in [0.29, 0.717) is 0 Å². The minimum atomic E-state index is 0.755. The number of para-hydroxylation sites is 1. The standard InChI is InChI=1S/C11H15N/c1-9-7-8-12(2)11-6-4-3-5-10(9)11/h3-6,9H,7-8H2,1-2H3/p+1. The molecular weight excluding hydrogens is 146 g/mol. The summed E-state index contributed by atoms with van der Waals surface area (Å²) in [4.78, 5) is 1.56. The van der Waals surface area contributed by atoms with Crippen molar-refractivity contribution in [1.82, 2.24) is 0 Å². The van der Waals surface area contributed by atoms with Crippen LogP contribution in [-0.4, -0.2) is 13.6 Å². The largest absolute Gasteiger partial charge is 0.305 e. The van der Waals surface area contributed by atoms with E-state index in [0.717, 1.165) is 5.92 Å². The summed E-state index contributed by atoms with van der Waals surface area (Å²) in [7, 11) is 2.25. The summed E-state index contributed by atoms with van der Waals surface area (Å²) in [6.07, 6.45) is 1.32. The van der Waals surface area contributed by atoms with Gasteiger partial charge in [-0.3, -0.25) is 0 Å². The molecule has 1 aromatic rings. The molecule has 2 unspecified atom stereocenters. The Morgan fingerprint density at radius 2 is 2.08 bits per heavy atom. The van der Waals surface area contributed by atoms with Crippen molar-refractivity contribution in [2.75, 3.05) is 13.6 Å².